The largest absolute Gasteiger partial charge is 0.508 e. The summed E-state index contributed by atoms with van der Waals surface area (Å²) in [5, 5.41) is 9.58. The molecule has 0 radical (unpaired) electrons. The second kappa shape index (κ2) is 7.22. The third-order valence-electron chi connectivity index (χ3n) is 7.08. The van der Waals surface area contributed by atoms with E-state index in [1.54, 1.807) is 12.1 Å². The van der Waals surface area contributed by atoms with Crippen LogP contribution in [0.5, 0.6) is 5.75 Å². The molecule has 28 heavy (non-hydrogen) atoms. The number of hydrogen-bond donors (Lipinski definition) is 1. The van der Waals surface area contributed by atoms with Crippen LogP contribution in [0.1, 0.15) is 66.4 Å². The number of phenolic OH excluding ortho intramolecular Hbond substituents is 1. The maximum atomic E-state index is 9.58. The first-order valence-corrected chi connectivity index (χ1v) is 10.5. The summed E-state index contributed by atoms with van der Waals surface area (Å²) in [4.78, 5) is 0. The third kappa shape index (κ3) is 3.59. The summed E-state index contributed by atoms with van der Waals surface area (Å²) < 4.78 is 6.23. The number of allylic oxidation sites excluding steroid dienone is 2. The molecular weight excluding hydrogens is 344 g/mol. The van der Waals surface area contributed by atoms with Crippen LogP contribution >= 0.6 is 0 Å². The lowest BCUT2D eigenvalue weighted by molar-refractivity contribution is 0.000155. The molecule has 2 aliphatic rings. The molecule has 0 heterocycles. The van der Waals surface area contributed by atoms with E-state index in [4.69, 9.17) is 4.74 Å². The Labute approximate surface area is 171 Å². The quantitative estimate of drug-likeness (QED) is 0.614. The van der Waals surface area contributed by atoms with Gasteiger partial charge in [-0.1, -0.05) is 64.5 Å². The minimum Gasteiger partial charge on any atom is -0.508 e. The molecule has 2 unspecified atom stereocenters. The maximum absolute atomic E-state index is 9.58. The summed E-state index contributed by atoms with van der Waals surface area (Å²) in [6.07, 6.45) is 10.5. The van der Waals surface area contributed by atoms with Crippen LogP contribution in [-0.4, -0.2) is 17.8 Å². The summed E-state index contributed by atoms with van der Waals surface area (Å²) >= 11 is 0. The van der Waals surface area contributed by atoms with Gasteiger partial charge in [0.1, 0.15) is 5.75 Å². The molecule has 2 atom stereocenters. The molecule has 2 aliphatic carbocycles. The number of hydrogen-bond acceptors (Lipinski definition) is 2. The van der Waals surface area contributed by atoms with E-state index in [-0.39, 0.29) is 22.3 Å². The van der Waals surface area contributed by atoms with E-state index in [2.05, 4.69) is 59.8 Å². The topological polar surface area (TPSA) is 29.5 Å². The molecule has 0 aliphatic heterocycles. The van der Waals surface area contributed by atoms with Crippen molar-refractivity contribution in [3.63, 3.8) is 0 Å². The highest BCUT2D eigenvalue weighted by atomic mass is 16.5. The number of fused-ring (bicyclic) bond motifs is 1. The molecular formula is C26H36O2. The first kappa shape index (κ1) is 20.9. The Bertz CT molecular complexity index is 814. The van der Waals surface area contributed by atoms with Crippen molar-refractivity contribution >= 4 is 6.08 Å². The van der Waals surface area contributed by atoms with Crippen LogP contribution in [0.3, 0.4) is 0 Å². The molecule has 2 heteroatoms. The predicted molar refractivity (Wildman–Crippen MR) is 118 cm³/mol. The van der Waals surface area contributed by atoms with E-state index in [1.165, 1.54) is 29.6 Å². The van der Waals surface area contributed by atoms with Crippen molar-refractivity contribution in [3.05, 3.63) is 58.7 Å². The van der Waals surface area contributed by atoms with E-state index in [0.29, 0.717) is 5.75 Å². The number of phenols is 1. The Kier molecular flexibility index (Phi) is 5.40. The zero-order chi connectivity index (χ0) is 20.7. The molecule has 1 aromatic rings. The van der Waals surface area contributed by atoms with Crippen LogP contribution in [-0.2, 0) is 4.74 Å². The molecule has 1 fully saturated rings. The van der Waals surface area contributed by atoms with E-state index in [9.17, 15) is 5.11 Å². The first-order chi connectivity index (χ1) is 13.0. The molecule has 2 nitrogen and oxygen atoms in total. The van der Waals surface area contributed by atoms with Crippen molar-refractivity contribution in [1.82, 2.24) is 0 Å². The molecule has 0 spiro atoms. The van der Waals surface area contributed by atoms with Gasteiger partial charge in [0, 0.05) is 13.0 Å². The van der Waals surface area contributed by atoms with Crippen molar-refractivity contribution in [2.75, 3.05) is 7.11 Å². The van der Waals surface area contributed by atoms with Gasteiger partial charge in [0.05, 0.1) is 5.60 Å². The van der Waals surface area contributed by atoms with Gasteiger partial charge in [-0.25, -0.2) is 0 Å². The molecule has 1 aromatic carbocycles. The number of ether oxygens (including phenoxy) is 1. The van der Waals surface area contributed by atoms with Gasteiger partial charge in [-0.15, -0.1) is 0 Å². The summed E-state index contributed by atoms with van der Waals surface area (Å²) in [6.45, 7) is 13.9. The van der Waals surface area contributed by atoms with Crippen molar-refractivity contribution in [1.29, 1.82) is 0 Å². The van der Waals surface area contributed by atoms with Gasteiger partial charge in [0.15, 0.2) is 0 Å². The molecule has 152 valence electrons. The highest BCUT2D eigenvalue weighted by molar-refractivity contribution is 5.58. The molecule has 3 rings (SSSR count). The molecule has 0 bridgehead atoms. The lowest BCUT2D eigenvalue weighted by Crippen LogP contribution is -2.44. The average molecular weight is 381 g/mol. The Morgan fingerprint density at radius 1 is 1.07 bits per heavy atom. The lowest BCUT2D eigenvalue weighted by atomic mass is 9.56. The minimum atomic E-state index is -0.318. The SMILES string of the molecule is CCC1(OC)C=C2C(=CC1C(C)=Cc1ccc(O)cc1)C(C)(C)CCC2(C)C. The van der Waals surface area contributed by atoms with Crippen molar-refractivity contribution < 1.29 is 9.84 Å². The van der Waals surface area contributed by atoms with Crippen LogP contribution in [0.4, 0.5) is 0 Å². The van der Waals surface area contributed by atoms with Gasteiger partial charge in [0.2, 0.25) is 0 Å². The summed E-state index contributed by atoms with van der Waals surface area (Å²) in [6, 6.07) is 7.41. The van der Waals surface area contributed by atoms with Gasteiger partial charge < -0.3 is 9.84 Å². The van der Waals surface area contributed by atoms with E-state index in [1.807, 2.05) is 19.2 Å². The van der Waals surface area contributed by atoms with Gasteiger partial charge in [-0.2, -0.15) is 0 Å². The van der Waals surface area contributed by atoms with Crippen molar-refractivity contribution in [2.45, 2.75) is 66.4 Å². The van der Waals surface area contributed by atoms with Crippen molar-refractivity contribution in [2.24, 2.45) is 16.7 Å². The monoisotopic (exact) mass is 380 g/mol. The summed E-state index contributed by atoms with van der Waals surface area (Å²) in [5.41, 5.74) is 5.41. The van der Waals surface area contributed by atoms with Gasteiger partial charge in [0.25, 0.3) is 0 Å². The molecule has 0 aromatic heterocycles. The van der Waals surface area contributed by atoms with E-state index < -0.39 is 0 Å². The van der Waals surface area contributed by atoms with Gasteiger partial charge >= 0.3 is 0 Å². The van der Waals surface area contributed by atoms with Gasteiger partial charge in [-0.3, -0.25) is 0 Å². The summed E-state index contributed by atoms with van der Waals surface area (Å²) in [5.74, 6) is 0.497. The fraction of sp³-hybridized carbons (Fsp3) is 0.538. The van der Waals surface area contributed by atoms with Crippen LogP contribution in [0.15, 0.2) is 53.1 Å². The zero-order valence-electron chi connectivity index (χ0n) is 18.6. The molecule has 1 saturated carbocycles. The van der Waals surface area contributed by atoms with E-state index in [0.717, 1.165) is 12.0 Å². The average Bonchev–Trinajstić information content (AvgIpc) is 2.66. The molecule has 1 N–H and O–H groups in total. The highest BCUT2D eigenvalue weighted by Crippen LogP contribution is 2.56. The Hall–Kier alpha value is -1.80. The number of rotatable bonds is 4. The fourth-order valence-corrected chi connectivity index (χ4v) is 4.95. The van der Waals surface area contributed by atoms with Crippen LogP contribution in [0.2, 0.25) is 0 Å². The normalized spacial score (nSPS) is 29.0. The maximum Gasteiger partial charge on any atom is 0.115 e. The summed E-state index contributed by atoms with van der Waals surface area (Å²) in [7, 11) is 1.85. The number of aromatic hydroxyl groups is 1. The highest BCUT2D eigenvalue weighted by Gasteiger charge is 2.47. The van der Waals surface area contributed by atoms with E-state index >= 15 is 0 Å². The Morgan fingerprint density at radius 2 is 1.64 bits per heavy atom. The minimum absolute atomic E-state index is 0.180. The Balaban J connectivity index is 2.12. The first-order valence-electron chi connectivity index (χ1n) is 10.5. The van der Waals surface area contributed by atoms with Crippen molar-refractivity contribution in [3.8, 4) is 5.75 Å². The van der Waals surface area contributed by atoms with Crippen LogP contribution in [0, 0.1) is 16.7 Å². The number of benzene rings is 1. The van der Waals surface area contributed by atoms with Crippen LogP contribution in [0.25, 0.3) is 6.08 Å². The standard InChI is InChI=1S/C26H36O2/c1-8-26(28-7)17-23-22(24(3,4)13-14-25(23,5)6)16-21(26)18(2)15-19-9-11-20(27)12-10-19/h9-12,15-17,21,27H,8,13-14H2,1-7H3. The lowest BCUT2D eigenvalue weighted by Gasteiger charge is -2.50. The third-order valence-corrected chi connectivity index (χ3v) is 7.08. The predicted octanol–water partition coefficient (Wildman–Crippen LogP) is 6.92. The van der Waals surface area contributed by atoms with Crippen LogP contribution < -0.4 is 0 Å². The molecule has 0 amide bonds. The molecule has 0 saturated heterocycles. The Morgan fingerprint density at radius 3 is 2.18 bits per heavy atom. The second-order valence-corrected chi connectivity index (χ2v) is 9.88. The number of methoxy groups -OCH3 is 1. The zero-order valence-corrected chi connectivity index (χ0v) is 18.6. The second-order valence-electron chi connectivity index (χ2n) is 9.88. The van der Waals surface area contributed by atoms with Gasteiger partial charge in [-0.05, 0) is 71.9 Å². The smallest absolute Gasteiger partial charge is 0.115 e. The fourth-order valence-electron chi connectivity index (χ4n) is 4.95.